The minimum absolute atomic E-state index is 0.816. The second kappa shape index (κ2) is 6.38. The molecule has 0 atom stereocenters. The lowest BCUT2D eigenvalue weighted by Gasteiger charge is -2.27. The minimum Gasteiger partial charge on any atom is -0.378 e. The highest BCUT2D eigenvalue weighted by Gasteiger charge is 2.10. The van der Waals surface area contributed by atoms with Crippen molar-refractivity contribution in [3.8, 4) is 0 Å². The zero-order valence-corrected chi connectivity index (χ0v) is 8.94. The molecule has 0 aliphatic carbocycles. The van der Waals surface area contributed by atoms with Crippen LogP contribution in [0.4, 0.5) is 5.82 Å². The molecule has 3 nitrogen and oxygen atoms in total. The molecule has 1 aromatic rings. The Morgan fingerprint density at radius 1 is 1.21 bits per heavy atom. The Labute approximate surface area is 85.7 Å². The first-order valence-corrected chi connectivity index (χ1v) is 5.20. The summed E-state index contributed by atoms with van der Waals surface area (Å²) in [7, 11) is 0. The molecule has 0 radical (unpaired) electrons. The van der Waals surface area contributed by atoms with Crippen molar-refractivity contribution < 1.29 is 4.74 Å². The van der Waals surface area contributed by atoms with Crippen LogP contribution >= 0.6 is 0 Å². The van der Waals surface area contributed by atoms with E-state index in [-0.39, 0.29) is 0 Å². The third-order valence-corrected chi connectivity index (χ3v) is 1.98. The quantitative estimate of drug-likeness (QED) is 0.683. The van der Waals surface area contributed by atoms with Crippen LogP contribution in [0.15, 0.2) is 24.4 Å². The van der Waals surface area contributed by atoms with Crippen LogP contribution in [0.3, 0.4) is 0 Å². The Morgan fingerprint density at radius 2 is 1.93 bits per heavy atom. The lowest BCUT2D eigenvalue weighted by Crippen LogP contribution is -2.36. The van der Waals surface area contributed by atoms with Gasteiger partial charge < -0.3 is 9.64 Å². The Balaban J connectivity index is 0.000000461. The Kier molecular flexibility index (Phi) is 5.00. The van der Waals surface area contributed by atoms with Gasteiger partial charge in [-0.15, -0.1) is 0 Å². The first-order chi connectivity index (χ1) is 6.97. The van der Waals surface area contributed by atoms with Gasteiger partial charge in [0, 0.05) is 19.3 Å². The molecule has 2 heterocycles. The number of pyridine rings is 1. The summed E-state index contributed by atoms with van der Waals surface area (Å²) in [4.78, 5) is 6.51. The van der Waals surface area contributed by atoms with Gasteiger partial charge in [0.2, 0.25) is 0 Å². The van der Waals surface area contributed by atoms with Gasteiger partial charge in [0.15, 0.2) is 0 Å². The van der Waals surface area contributed by atoms with Crippen molar-refractivity contribution >= 4 is 5.82 Å². The molecular formula is C11H18N2O. The number of nitrogens with zero attached hydrogens (tertiary/aromatic N) is 2. The monoisotopic (exact) mass is 194 g/mol. The minimum atomic E-state index is 0.816. The third kappa shape index (κ3) is 3.00. The predicted octanol–water partition coefficient (Wildman–Crippen LogP) is 1.94. The van der Waals surface area contributed by atoms with Crippen molar-refractivity contribution in [2.75, 3.05) is 31.2 Å². The van der Waals surface area contributed by atoms with Gasteiger partial charge in [-0.05, 0) is 12.1 Å². The van der Waals surface area contributed by atoms with Crippen molar-refractivity contribution in [1.82, 2.24) is 4.98 Å². The largest absolute Gasteiger partial charge is 0.378 e. The number of rotatable bonds is 1. The average molecular weight is 194 g/mol. The zero-order valence-electron chi connectivity index (χ0n) is 8.94. The molecule has 1 fully saturated rings. The third-order valence-electron chi connectivity index (χ3n) is 1.98. The summed E-state index contributed by atoms with van der Waals surface area (Å²) in [6, 6.07) is 5.98. The van der Waals surface area contributed by atoms with Gasteiger partial charge in [-0.2, -0.15) is 0 Å². The van der Waals surface area contributed by atoms with E-state index in [1.807, 2.05) is 38.2 Å². The normalized spacial score (nSPS) is 15.7. The molecule has 0 amide bonds. The molecule has 0 N–H and O–H groups in total. The molecule has 0 bridgehead atoms. The molecule has 1 aromatic heterocycles. The maximum Gasteiger partial charge on any atom is 0.128 e. The molecule has 3 heteroatoms. The molecule has 1 saturated heterocycles. The van der Waals surface area contributed by atoms with Gasteiger partial charge in [-0.25, -0.2) is 4.98 Å². The Bertz CT molecular complexity index is 232. The van der Waals surface area contributed by atoms with Gasteiger partial charge >= 0.3 is 0 Å². The molecule has 2 rings (SSSR count). The average Bonchev–Trinajstić information content (AvgIpc) is 2.34. The van der Waals surface area contributed by atoms with Gasteiger partial charge in [-0.1, -0.05) is 19.9 Å². The highest BCUT2D eigenvalue weighted by atomic mass is 16.5. The number of hydrogen-bond donors (Lipinski definition) is 0. The van der Waals surface area contributed by atoms with Crippen molar-refractivity contribution in [3.05, 3.63) is 24.4 Å². The molecule has 0 unspecified atom stereocenters. The van der Waals surface area contributed by atoms with Gasteiger partial charge in [0.1, 0.15) is 5.82 Å². The fourth-order valence-corrected chi connectivity index (χ4v) is 1.33. The predicted molar refractivity (Wildman–Crippen MR) is 58.6 cm³/mol. The molecule has 1 aliphatic heterocycles. The number of ether oxygens (including phenoxy) is 1. The molecule has 0 spiro atoms. The van der Waals surface area contributed by atoms with Gasteiger partial charge in [-0.3, -0.25) is 0 Å². The maximum atomic E-state index is 5.25. The number of aromatic nitrogens is 1. The van der Waals surface area contributed by atoms with Crippen LogP contribution in [0.2, 0.25) is 0 Å². The van der Waals surface area contributed by atoms with Crippen LogP contribution in [0.25, 0.3) is 0 Å². The number of anilines is 1. The first-order valence-electron chi connectivity index (χ1n) is 5.20. The highest BCUT2D eigenvalue weighted by Crippen LogP contribution is 2.10. The zero-order chi connectivity index (χ0) is 10.2. The Hall–Kier alpha value is -1.09. The van der Waals surface area contributed by atoms with E-state index in [0.29, 0.717) is 0 Å². The fraction of sp³-hybridized carbons (Fsp3) is 0.545. The molecule has 14 heavy (non-hydrogen) atoms. The number of hydrogen-bond acceptors (Lipinski definition) is 3. The van der Waals surface area contributed by atoms with Crippen LogP contribution in [0.5, 0.6) is 0 Å². The molecule has 0 aromatic carbocycles. The van der Waals surface area contributed by atoms with Crippen LogP contribution < -0.4 is 4.90 Å². The van der Waals surface area contributed by atoms with E-state index >= 15 is 0 Å². The molecule has 1 aliphatic rings. The fourth-order valence-electron chi connectivity index (χ4n) is 1.33. The Morgan fingerprint density at radius 3 is 2.50 bits per heavy atom. The lowest BCUT2D eigenvalue weighted by atomic mass is 10.4. The summed E-state index contributed by atoms with van der Waals surface area (Å²) in [5, 5.41) is 0. The summed E-state index contributed by atoms with van der Waals surface area (Å²) < 4.78 is 5.25. The maximum absolute atomic E-state index is 5.25. The summed E-state index contributed by atoms with van der Waals surface area (Å²) in [6.07, 6.45) is 1.82. The SMILES string of the molecule is CC.c1ccc(N2CCOCC2)nc1. The van der Waals surface area contributed by atoms with E-state index in [1.54, 1.807) is 0 Å². The molecule has 0 saturated carbocycles. The highest BCUT2D eigenvalue weighted by molar-refractivity contribution is 5.37. The van der Waals surface area contributed by atoms with E-state index in [0.717, 1.165) is 32.1 Å². The lowest BCUT2D eigenvalue weighted by molar-refractivity contribution is 0.122. The first kappa shape index (κ1) is 11.0. The van der Waals surface area contributed by atoms with Gasteiger partial charge in [0.05, 0.1) is 13.2 Å². The van der Waals surface area contributed by atoms with Crippen molar-refractivity contribution in [3.63, 3.8) is 0 Å². The van der Waals surface area contributed by atoms with Crippen molar-refractivity contribution in [1.29, 1.82) is 0 Å². The topological polar surface area (TPSA) is 25.4 Å². The van der Waals surface area contributed by atoms with E-state index in [1.165, 1.54) is 0 Å². The van der Waals surface area contributed by atoms with E-state index < -0.39 is 0 Å². The van der Waals surface area contributed by atoms with Crippen LogP contribution in [0, 0.1) is 0 Å². The second-order valence-corrected chi connectivity index (χ2v) is 2.79. The van der Waals surface area contributed by atoms with E-state index in [9.17, 15) is 0 Å². The summed E-state index contributed by atoms with van der Waals surface area (Å²) >= 11 is 0. The van der Waals surface area contributed by atoms with Gasteiger partial charge in [0.25, 0.3) is 0 Å². The summed E-state index contributed by atoms with van der Waals surface area (Å²) in [6.45, 7) is 7.54. The van der Waals surface area contributed by atoms with Crippen LogP contribution in [-0.2, 0) is 4.74 Å². The second-order valence-electron chi connectivity index (χ2n) is 2.79. The van der Waals surface area contributed by atoms with Crippen LogP contribution in [-0.4, -0.2) is 31.3 Å². The summed E-state index contributed by atoms with van der Waals surface area (Å²) in [5.41, 5.74) is 0. The smallest absolute Gasteiger partial charge is 0.128 e. The van der Waals surface area contributed by atoms with E-state index in [2.05, 4.69) is 9.88 Å². The molecular weight excluding hydrogens is 176 g/mol. The molecule has 78 valence electrons. The number of morpholine rings is 1. The van der Waals surface area contributed by atoms with Crippen molar-refractivity contribution in [2.45, 2.75) is 13.8 Å². The standard InChI is InChI=1S/C9H12N2O.C2H6/c1-2-4-10-9(3-1)11-5-7-12-8-6-11;1-2/h1-4H,5-8H2;1-2H3. The summed E-state index contributed by atoms with van der Waals surface area (Å²) in [5.74, 6) is 1.06. The van der Waals surface area contributed by atoms with Crippen molar-refractivity contribution in [2.24, 2.45) is 0 Å². The van der Waals surface area contributed by atoms with Crippen LogP contribution in [0.1, 0.15) is 13.8 Å². The van der Waals surface area contributed by atoms with E-state index in [4.69, 9.17) is 4.74 Å².